The van der Waals surface area contributed by atoms with Gasteiger partial charge in [-0.05, 0) is 37.1 Å². The van der Waals surface area contributed by atoms with Gasteiger partial charge in [0.1, 0.15) is 11.8 Å². The molecule has 0 aromatic heterocycles. The van der Waals surface area contributed by atoms with Gasteiger partial charge in [0.25, 0.3) is 5.91 Å². The summed E-state index contributed by atoms with van der Waals surface area (Å²) < 4.78 is 5.58. The Kier molecular flexibility index (Phi) is 5.95. The lowest BCUT2D eigenvalue weighted by Gasteiger charge is -2.19. The standard InChI is InChI=1S/C19H21NO4/c1-13-7-6-10-16(11-13)24-14(2)18(21)20-17(19(22)23)12-15-8-4-3-5-9-15/h3-11,14,17H,12H2,1-2H3,(H,20,21)(H,22,23)/t14?,17-/m1/s1. The second-order valence-corrected chi connectivity index (χ2v) is 5.67. The van der Waals surface area contributed by atoms with E-state index in [0.29, 0.717) is 5.75 Å². The number of hydrogen-bond donors (Lipinski definition) is 2. The number of aliphatic carboxylic acids is 1. The minimum Gasteiger partial charge on any atom is -0.481 e. The van der Waals surface area contributed by atoms with Gasteiger partial charge in [-0.3, -0.25) is 4.79 Å². The maximum Gasteiger partial charge on any atom is 0.326 e. The Bertz CT molecular complexity index is 700. The molecule has 0 fully saturated rings. The molecule has 0 aliphatic heterocycles. The van der Waals surface area contributed by atoms with Gasteiger partial charge in [0.2, 0.25) is 0 Å². The topological polar surface area (TPSA) is 75.6 Å². The zero-order valence-corrected chi connectivity index (χ0v) is 13.7. The van der Waals surface area contributed by atoms with Gasteiger partial charge in [-0.2, -0.15) is 0 Å². The molecule has 2 rings (SSSR count). The number of carboxylic acid groups (broad SMARTS) is 1. The first-order valence-electron chi connectivity index (χ1n) is 7.76. The largest absolute Gasteiger partial charge is 0.481 e. The van der Waals surface area contributed by atoms with Crippen LogP contribution in [-0.2, 0) is 16.0 Å². The van der Waals surface area contributed by atoms with Crippen molar-refractivity contribution >= 4 is 11.9 Å². The Balaban J connectivity index is 1.98. The molecule has 5 heteroatoms. The van der Waals surface area contributed by atoms with Crippen LogP contribution >= 0.6 is 0 Å². The molecule has 0 heterocycles. The summed E-state index contributed by atoms with van der Waals surface area (Å²) in [4.78, 5) is 23.6. The van der Waals surface area contributed by atoms with E-state index in [-0.39, 0.29) is 6.42 Å². The van der Waals surface area contributed by atoms with Crippen molar-refractivity contribution in [3.05, 3.63) is 65.7 Å². The highest BCUT2D eigenvalue weighted by molar-refractivity contribution is 5.86. The SMILES string of the molecule is Cc1cccc(OC(C)C(=O)N[C@H](Cc2ccccc2)C(=O)O)c1. The van der Waals surface area contributed by atoms with E-state index in [1.165, 1.54) is 0 Å². The Labute approximate surface area is 141 Å². The van der Waals surface area contributed by atoms with Crippen LogP contribution in [0.2, 0.25) is 0 Å². The number of amides is 1. The van der Waals surface area contributed by atoms with Crippen LogP contribution in [0.3, 0.4) is 0 Å². The molecule has 0 radical (unpaired) electrons. The summed E-state index contributed by atoms with van der Waals surface area (Å²) in [5.41, 5.74) is 1.87. The quantitative estimate of drug-likeness (QED) is 0.819. The van der Waals surface area contributed by atoms with Crippen LogP contribution in [-0.4, -0.2) is 29.1 Å². The van der Waals surface area contributed by atoms with Crippen LogP contribution in [0, 0.1) is 6.92 Å². The van der Waals surface area contributed by atoms with Crippen LogP contribution in [0.4, 0.5) is 0 Å². The van der Waals surface area contributed by atoms with Gasteiger partial charge in [0, 0.05) is 6.42 Å². The Hall–Kier alpha value is -2.82. The van der Waals surface area contributed by atoms with E-state index in [4.69, 9.17) is 4.74 Å². The van der Waals surface area contributed by atoms with Gasteiger partial charge < -0.3 is 15.2 Å². The van der Waals surface area contributed by atoms with Crippen molar-refractivity contribution < 1.29 is 19.4 Å². The second kappa shape index (κ2) is 8.15. The maximum absolute atomic E-state index is 12.2. The lowest BCUT2D eigenvalue weighted by Crippen LogP contribution is -2.47. The molecule has 0 saturated carbocycles. The van der Waals surface area contributed by atoms with Crippen LogP contribution < -0.4 is 10.1 Å². The first-order chi connectivity index (χ1) is 11.5. The summed E-state index contributed by atoms with van der Waals surface area (Å²) in [6, 6.07) is 15.5. The minimum atomic E-state index is -1.07. The number of rotatable bonds is 7. The first-order valence-corrected chi connectivity index (χ1v) is 7.76. The summed E-state index contributed by atoms with van der Waals surface area (Å²) in [5.74, 6) is -0.956. The molecule has 0 aliphatic rings. The third kappa shape index (κ3) is 5.12. The normalized spacial score (nSPS) is 12.9. The smallest absolute Gasteiger partial charge is 0.326 e. The fourth-order valence-corrected chi connectivity index (χ4v) is 2.29. The molecule has 0 aliphatic carbocycles. The van der Waals surface area contributed by atoms with E-state index < -0.39 is 24.0 Å². The summed E-state index contributed by atoms with van der Waals surface area (Å²) in [7, 11) is 0. The molecule has 5 nitrogen and oxygen atoms in total. The fraction of sp³-hybridized carbons (Fsp3) is 0.263. The number of carbonyl (C=O) groups is 2. The highest BCUT2D eigenvalue weighted by atomic mass is 16.5. The van der Waals surface area contributed by atoms with Crippen LogP contribution in [0.1, 0.15) is 18.1 Å². The molecular weight excluding hydrogens is 306 g/mol. The molecule has 0 saturated heterocycles. The molecular formula is C19H21NO4. The Morgan fingerprint density at radius 3 is 2.46 bits per heavy atom. The fourth-order valence-electron chi connectivity index (χ4n) is 2.29. The van der Waals surface area contributed by atoms with Crippen LogP contribution in [0.25, 0.3) is 0 Å². The molecule has 2 atom stereocenters. The van der Waals surface area contributed by atoms with Crippen molar-refractivity contribution in [2.75, 3.05) is 0 Å². The number of ether oxygens (including phenoxy) is 1. The number of carbonyl (C=O) groups excluding carboxylic acids is 1. The number of benzene rings is 2. The average Bonchev–Trinajstić information content (AvgIpc) is 2.55. The predicted octanol–water partition coefficient (Wildman–Crippen LogP) is 2.57. The first kappa shape index (κ1) is 17.5. The van der Waals surface area contributed by atoms with E-state index in [2.05, 4.69) is 5.32 Å². The lowest BCUT2D eigenvalue weighted by molar-refractivity contribution is -0.142. The van der Waals surface area contributed by atoms with Gasteiger partial charge in [-0.25, -0.2) is 4.79 Å². The molecule has 2 aromatic rings. The van der Waals surface area contributed by atoms with Gasteiger partial charge in [0.05, 0.1) is 0 Å². The van der Waals surface area contributed by atoms with Gasteiger partial charge in [-0.1, -0.05) is 42.5 Å². The molecule has 2 N–H and O–H groups in total. The van der Waals surface area contributed by atoms with E-state index in [9.17, 15) is 14.7 Å². The highest BCUT2D eigenvalue weighted by Crippen LogP contribution is 2.14. The summed E-state index contributed by atoms with van der Waals surface area (Å²) in [6.45, 7) is 3.52. The van der Waals surface area contributed by atoms with Crippen molar-refractivity contribution in [1.29, 1.82) is 0 Å². The van der Waals surface area contributed by atoms with Crippen molar-refractivity contribution in [3.63, 3.8) is 0 Å². The maximum atomic E-state index is 12.2. The molecule has 1 amide bonds. The average molecular weight is 327 g/mol. The third-order valence-electron chi connectivity index (χ3n) is 3.57. The highest BCUT2D eigenvalue weighted by Gasteiger charge is 2.24. The summed E-state index contributed by atoms with van der Waals surface area (Å²) in [6.07, 6.45) is -0.566. The Morgan fingerprint density at radius 1 is 1.12 bits per heavy atom. The number of aryl methyl sites for hydroxylation is 1. The molecule has 1 unspecified atom stereocenters. The van der Waals surface area contributed by atoms with Crippen molar-refractivity contribution in [3.8, 4) is 5.75 Å². The lowest BCUT2D eigenvalue weighted by atomic mass is 10.1. The van der Waals surface area contributed by atoms with Gasteiger partial charge >= 0.3 is 5.97 Å². The molecule has 126 valence electrons. The van der Waals surface area contributed by atoms with Crippen molar-refractivity contribution in [2.45, 2.75) is 32.4 Å². The van der Waals surface area contributed by atoms with Crippen molar-refractivity contribution in [1.82, 2.24) is 5.32 Å². The van der Waals surface area contributed by atoms with E-state index in [0.717, 1.165) is 11.1 Å². The second-order valence-electron chi connectivity index (χ2n) is 5.67. The van der Waals surface area contributed by atoms with Crippen molar-refractivity contribution in [2.24, 2.45) is 0 Å². The summed E-state index contributed by atoms with van der Waals surface area (Å²) in [5, 5.41) is 11.9. The van der Waals surface area contributed by atoms with Gasteiger partial charge in [0.15, 0.2) is 6.10 Å². The zero-order valence-electron chi connectivity index (χ0n) is 13.7. The van der Waals surface area contributed by atoms with Crippen LogP contribution in [0.5, 0.6) is 5.75 Å². The molecule has 0 spiro atoms. The monoisotopic (exact) mass is 327 g/mol. The van der Waals surface area contributed by atoms with E-state index in [1.54, 1.807) is 13.0 Å². The number of carboxylic acids is 1. The van der Waals surface area contributed by atoms with E-state index >= 15 is 0 Å². The summed E-state index contributed by atoms with van der Waals surface area (Å²) >= 11 is 0. The van der Waals surface area contributed by atoms with Gasteiger partial charge in [-0.15, -0.1) is 0 Å². The third-order valence-corrected chi connectivity index (χ3v) is 3.57. The molecule has 24 heavy (non-hydrogen) atoms. The zero-order chi connectivity index (χ0) is 17.5. The van der Waals surface area contributed by atoms with E-state index in [1.807, 2.05) is 55.5 Å². The molecule has 2 aromatic carbocycles. The van der Waals surface area contributed by atoms with Crippen LogP contribution in [0.15, 0.2) is 54.6 Å². The number of hydrogen-bond acceptors (Lipinski definition) is 3. The molecule has 0 bridgehead atoms. The number of nitrogens with one attached hydrogen (secondary N) is 1. The Morgan fingerprint density at radius 2 is 1.83 bits per heavy atom. The predicted molar refractivity (Wildman–Crippen MR) is 91.0 cm³/mol. The minimum absolute atomic E-state index is 0.221.